The first-order valence-electron chi connectivity index (χ1n) is 1.91. The van der Waals surface area contributed by atoms with Gasteiger partial charge >= 0.3 is 5.97 Å². The number of hydrogen-bond acceptors (Lipinski definition) is 3. The number of halogens is 1. The molecule has 0 aromatic rings. The second-order valence-corrected chi connectivity index (χ2v) is 2.23. The fourth-order valence-corrected chi connectivity index (χ4v) is 0.486. The van der Waals surface area contributed by atoms with E-state index >= 15 is 0 Å². The molecule has 0 radical (unpaired) electrons. The lowest BCUT2D eigenvalue weighted by Gasteiger charge is -1.97. The molecule has 0 heterocycles. The summed E-state index contributed by atoms with van der Waals surface area (Å²) in [6.07, 6.45) is 0. The molecule has 0 rings (SSSR count). The Kier molecular flexibility index (Phi) is 3.00. The normalized spacial score (nSPS) is 12.6. The minimum Gasteiger partial charge on any atom is -0.478 e. The molecule has 1 atom stereocenters. The molecular formula is C3H5FN2O2S. The van der Waals surface area contributed by atoms with Crippen LogP contribution >= 0.6 is 11.8 Å². The minimum absolute atomic E-state index is 0.157. The van der Waals surface area contributed by atoms with E-state index in [4.69, 9.17) is 10.5 Å². The molecule has 0 aliphatic carbocycles. The van der Waals surface area contributed by atoms with Crippen molar-refractivity contribution in [1.82, 2.24) is 0 Å². The molecule has 0 bridgehead atoms. The van der Waals surface area contributed by atoms with Crippen LogP contribution in [-0.4, -0.2) is 21.7 Å². The van der Waals surface area contributed by atoms with Gasteiger partial charge < -0.3 is 10.8 Å². The molecule has 0 aliphatic heterocycles. The van der Waals surface area contributed by atoms with Crippen LogP contribution in [0.1, 0.15) is 0 Å². The summed E-state index contributed by atoms with van der Waals surface area (Å²) in [5.41, 5.74) is 2.55. The zero-order chi connectivity index (χ0) is 7.44. The SMILES string of the molecule is N=C(N)SC(F)C(=O)O. The highest BCUT2D eigenvalue weighted by atomic mass is 32.2. The first-order valence-corrected chi connectivity index (χ1v) is 2.79. The van der Waals surface area contributed by atoms with Gasteiger partial charge in [0.05, 0.1) is 0 Å². The van der Waals surface area contributed by atoms with E-state index in [2.05, 4.69) is 5.73 Å². The molecule has 0 aromatic heterocycles. The van der Waals surface area contributed by atoms with Gasteiger partial charge in [-0.2, -0.15) is 0 Å². The Morgan fingerprint density at radius 2 is 2.33 bits per heavy atom. The van der Waals surface area contributed by atoms with Gasteiger partial charge in [0.25, 0.3) is 0 Å². The van der Waals surface area contributed by atoms with Gasteiger partial charge in [0, 0.05) is 0 Å². The number of nitrogens with one attached hydrogen (secondary N) is 1. The van der Waals surface area contributed by atoms with Crippen molar-refractivity contribution < 1.29 is 14.3 Å². The Labute approximate surface area is 54.7 Å². The van der Waals surface area contributed by atoms with Crippen LogP contribution < -0.4 is 5.73 Å². The predicted molar refractivity (Wildman–Crippen MR) is 32.0 cm³/mol. The highest BCUT2D eigenvalue weighted by molar-refractivity contribution is 8.14. The molecule has 4 N–H and O–H groups in total. The van der Waals surface area contributed by atoms with Crippen molar-refractivity contribution in [2.75, 3.05) is 0 Å². The third-order valence-electron chi connectivity index (χ3n) is 0.425. The number of thioether (sulfide) groups is 1. The molecule has 0 saturated heterocycles. The molecule has 9 heavy (non-hydrogen) atoms. The van der Waals surface area contributed by atoms with Crippen LogP contribution in [0.25, 0.3) is 0 Å². The van der Waals surface area contributed by atoms with Crippen LogP contribution in [0, 0.1) is 5.41 Å². The van der Waals surface area contributed by atoms with E-state index in [0.29, 0.717) is 0 Å². The van der Waals surface area contributed by atoms with Crippen molar-refractivity contribution in [3.63, 3.8) is 0 Å². The zero-order valence-electron chi connectivity index (χ0n) is 4.30. The van der Waals surface area contributed by atoms with Crippen LogP contribution in [0.4, 0.5) is 4.39 Å². The molecule has 0 aliphatic rings. The lowest BCUT2D eigenvalue weighted by atomic mass is 10.8. The van der Waals surface area contributed by atoms with Crippen molar-refractivity contribution in [2.45, 2.75) is 5.50 Å². The van der Waals surface area contributed by atoms with Gasteiger partial charge in [-0.15, -0.1) is 0 Å². The van der Waals surface area contributed by atoms with Crippen LogP contribution in [0.3, 0.4) is 0 Å². The molecule has 4 nitrogen and oxygen atoms in total. The molecule has 0 aromatic carbocycles. The van der Waals surface area contributed by atoms with Gasteiger partial charge in [-0.25, -0.2) is 9.18 Å². The maximum absolute atomic E-state index is 11.9. The van der Waals surface area contributed by atoms with Crippen LogP contribution in [0.2, 0.25) is 0 Å². The van der Waals surface area contributed by atoms with Crippen LogP contribution in [-0.2, 0) is 4.79 Å². The third kappa shape index (κ3) is 3.77. The molecule has 0 amide bonds. The van der Waals surface area contributed by atoms with Crippen molar-refractivity contribution in [3.05, 3.63) is 0 Å². The number of nitrogens with two attached hydrogens (primary N) is 1. The van der Waals surface area contributed by atoms with E-state index in [-0.39, 0.29) is 11.8 Å². The lowest BCUT2D eigenvalue weighted by Crippen LogP contribution is -2.16. The largest absolute Gasteiger partial charge is 0.478 e. The average molecular weight is 152 g/mol. The Bertz CT molecular complexity index is 140. The first-order chi connectivity index (χ1) is 4.04. The van der Waals surface area contributed by atoms with Gasteiger partial charge in [0.2, 0.25) is 5.50 Å². The Morgan fingerprint density at radius 3 is 2.44 bits per heavy atom. The number of carbonyl (C=O) groups is 1. The first kappa shape index (κ1) is 8.22. The Hall–Kier alpha value is -0.780. The minimum atomic E-state index is -2.12. The molecule has 0 saturated carbocycles. The molecule has 52 valence electrons. The van der Waals surface area contributed by atoms with Gasteiger partial charge in [0.15, 0.2) is 5.17 Å². The van der Waals surface area contributed by atoms with Gasteiger partial charge in [0.1, 0.15) is 0 Å². The second-order valence-electron chi connectivity index (χ2n) is 1.14. The van der Waals surface area contributed by atoms with E-state index in [1.54, 1.807) is 0 Å². The van der Waals surface area contributed by atoms with E-state index in [1.165, 1.54) is 0 Å². The highest BCUT2D eigenvalue weighted by Gasteiger charge is 2.16. The van der Waals surface area contributed by atoms with E-state index < -0.39 is 16.6 Å². The van der Waals surface area contributed by atoms with Gasteiger partial charge in [-0.1, -0.05) is 0 Å². The van der Waals surface area contributed by atoms with Gasteiger partial charge in [-0.3, -0.25) is 5.41 Å². The summed E-state index contributed by atoms with van der Waals surface area (Å²) in [5.74, 6) is -1.62. The van der Waals surface area contributed by atoms with Crippen molar-refractivity contribution in [1.29, 1.82) is 5.41 Å². The summed E-state index contributed by atoms with van der Waals surface area (Å²) in [7, 11) is 0. The number of carboxylic acid groups (broad SMARTS) is 1. The predicted octanol–water partition coefficient (Wildman–Crippen LogP) is -0.00673. The molecular weight excluding hydrogens is 147 g/mol. The zero-order valence-corrected chi connectivity index (χ0v) is 5.11. The average Bonchev–Trinajstić information content (AvgIpc) is 1.63. The standard InChI is InChI=1S/C3H5FN2O2S/c4-1(2(7)8)9-3(5)6/h1H,(H3,5,6)(H,7,8). The number of aliphatic carboxylic acids is 1. The number of hydrogen-bond donors (Lipinski definition) is 3. The van der Waals surface area contributed by atoms with Crippen LogP contribution in [0.5, 0.6) is 0 Å². The summed E-state index contributed by atoms with van der Waals surface area (Å²) in [5, 5.41) is 13.8. The smallest absolute Gasteiger partial charge is 0.349 e. The number of alkyl halides is 1. The number of carboxylic acids is 1. The Morgan fingerprint density at radius 1 is 1.89 bits per heavy atom. The fourth-order valence-electron chi connectivity index (χ4n) is 0.162. The maximum Gasteiger partial charge on any atom is 0.349 e. The summed E-state index contributed by atoms with van der Waals surface area (Å²) in [4.78, 5) is 9.69. The molecule has 1 unspecified atom stereocenters. The quantitative estimate of drug-likeness (QED) is 0.383. The summed E-state index contributed by atoms with van der Waals surface area (Å²) in [6, 6.07) is 0. The molecule has 0 fully saturated rings. The molecule has 0 spiro atoms. The van der Waals surface area contributed by atoms with E-state index in [0.717, 1.165) is 0 Å². The fraction of sp³-hybridized carbons (Fsp3) is 0.333. The third-order valence-corrected chi connectivity index (χ3v) is 1.09. The summed E-state index contributed by atoms with van der Waals surface area (Å²) in [6.45, 7) is 0. The number of amidine groups is 1. The second kappa shape index (κ2) is 3.29. The van der Waals surface area contributed by atoms with E-state index in [1.807, 2.05) is 0 Å². The monoisotopic (exact) mass is 152 g/mol. The van der Waals surface area contributed by atoms with Crippen LogP contribution in [0.15, 0.2) is 0 Å². The van der Waals surface area contributed by atoms with Crippen molar-refractivity contribution in [3.8, 4) is 0 Å². The van der Waals surface area contributed by atoms with Gasteiger partial charge in [-0.05, 0) is 11.8 Å². The topological polar surface area (TPSA) is 87.2 Å². The molecule has 6 heteroatoms. The Balaban J connectivity index is 3.63. The summed E-state index contributed by atoms with van der Waals surface area (Å²) >= 11 is 0.157. The maximum atomic E-state index is 11.9. The van der Waals surface area contributed by atoms with E-state index in [9.17, 15) is 9.18 Å². The lowest BCUT2D eigenvalue weighted by molar-refractivity contribution is -0.139. The summed E-state index contributed by atoms with van der Waals surface area (Å²) < 4.78 is 11.9. The number of rotatable bonds is 2. The highest BCUT2D eigenvalue weighted by Crippen LogP contribution is 2.10. The van der Waals surface area contributed by atoms with Crippen molar-refractivity contribution >= 4 is 22.9 Å². The van der Waals surface area contributed by atoms with Crippen molar-refractivity contribution in [2.24, 2.45) is 5.73 Å².